The quantitative estimate of drug-likeness (QED) is 0.459. The number of hydrogen-bond donors (Lipinski definition) is 2. The molecule has 1 aromatic carbocycles. The molecule has 4 aromatic rings. The Balaban J connectivity index is 1.42. The zero-order chi connectivity index (χ0) is 22.5. The van der Waals surface area contributed by atoms with Gasteiger partial charge in [-0.3, -0.25) is 4.79 Å². The largest absolute Gasteiger partial charge is 0.389 e. The normalized spacial score (nSPS) is 16.3. The first kappa shape index (κ1) is 21.2. The van der Waals surface area contributed by atoms with Crippen molar-refractivity contribution in [1.82, 2.24) is 24.5 Å². The highest BCUT2D eigenvalue weighted by Crippen LogP contribution is 2.41. The predicted octanol–water partition coefficient (Wildman–Crippen LogP) is 3.77. The summed E-state index contributed by atoms with van der Waals surface area (Å²) in [5, 5.41) is 18.7. The molecular weight excluding hydrogens is 444 g/mol. The number of carbonyl (C=O) groups excluding carboxylic acids is 1. The van der Waals surface area contributed by atoms with Gasteiger partial charge in [-0.2, -0.15) is 0 Å². The first-order chi connectivity index (χ1) is 15.3. The van der Waals surface area contributed by atoms with Crippen LogP contribution < -0.4 is 5.32 Å². The number of rotatable bonds is 5. The molecule has 1 atom stereocenters. The Labute approximate surface area is 193 Å². The lowest BCUT2D eigenvalue weighted by molar-refractivity contribution is -0.137. The average Bonchev–Trinajstić information content (AvgIpc) is 3.35. The van der Waals surface area contributed by atoms with Crippen molar-refractivity contribution < 1.29 is 9.90 Å². The molecule has 0 unspecified atom stereocenters. The second-order valence-corrected chi connectivity index (χ2v) is 10.8. The third kappa shape index (κ3) is 4.05. The summed E-state index contributed by atoms with van der Waals surface area (Å²) in [7, 11) is 1.77. The molecule has 2 N–H and O–H groups in total. The van der Waals surface area contributed by atoms with Crippen LogP contribution in [0.15, 0.2) is 24.5 Å². The minimum atomic E-state index is -0.906. The second kappa shape index (κ2) is 8.02. The fourth-order valence-corrected chi connectivity index (χ4v) is 6.24. The van der Waals surface area contributed by atoms with Crippen LogP contribution in [0.1, 0.15) is 30.7 Å². The fraction of sp³-hybridized carbons (Fsp3) is 0.409. The van der Waals surface area contributed by atoms with Crippen LogP contribution in [-0.2, 0) is 17.6 Å². The van der Waals surface area contributed by atoms with Crippen molar-refractivity contribution in [1.29, 1.82) is 0 Å². The van der Waals surface area contributed by atoms with Crippen LogP contribution in [-0.4, -0.2) is 54.7 Å². The van der Waals surface area contributed by atoms with Crippen molar-refractivity contribution in [3.05, 3.63) is 35.0 Å². The third-order valence-electron chi connectivity index (χ3n) is 5.71. The molecule has 32 heavy (non-hydrogen) atoms. The first-order valence-corrected chi connectivity index (χ1v) is 12.1. The van der Waals surface area contributed by atoms with Crippen LogP contribution >= 0.6 is 22.9 Å². The highest BCUT2D eigenvalue weighted by Gasteiger charge is 2.32. The number of carbonyl (C=O) groups is 1. The molecule has 0 aliphatic heterocycles. The molecule has 0 bridgehead atoms. The smallest absolute Gasteiger partial charge is 0.225 e. The summed E-state index contributed by atoms with van der Waals surface area (Å²) in [6.45, 7) is 3.76. The third-order valence-corrected chi connectivity index (χ3v) is 7.55. The number of fused-ring (bicyclic) bond motifs is 4. The molecule has 8 nitrogen and oxygen atoms in total. The van der Waals surface area contributed by atoms with Crippen molar-refractivity contribution in [2.24, 2.45) is 5.92 Å². The number of thiophene rings is 1. The number of anilines is 2. The van der Waals surface area contributed by atoms with Crippen LogP contribution in [0.25, 0.3) is 20.4 Å². The van der Waals surface area contributed by atoms with E-state index in [1.54, 1.807) is 43.5 Å². The van der Waals surface area contributed by atoms with Gasteiger partial charge >= 0.3 is 0 Å². The van der Waals surface area contributed by atoms with Crippen molar-refractivity contribution in [2.75, 3.05) is 18.9 Å². The number of aryl methyl sites for hydroxylation is 1. The van der Waals surface area contributed by atoms with E-state index < -0.39 is 5.60 Å². The van der Waals surface area contributed by atoms with Crippen molar-refractivity contribution in [2.45, 2.75) is 38.7 Å². The number of nitrogens with one attached hydrogen (secondary N) is 1. The van der Waals surface area contributed by atoms with E-state index in [1.807, 2.05) is 18.2 Å². The maximum absolute atomic E-state index is 13.0. The lowest BCUT2D eigenvalue weighted by Gasteiger charge is -2.30. The van der Waals surface area contributed by atoms with Gasteiger partial charge in [-0.25, -0.2) is 9.97 Å². The van der Waals surface area contributed by atoms with E-state index >= 15 is 0 Å². The molecule has 3 aromatic heterocycles. The van der Waals surface area contributed by atoms with E-state index in [0.717, 1.165) is 44.8 Å². The Bertz CT molecular complexity index is 1310. The number of likely N-dealkylation sites (N-methyl/N-ethyl adjacent to an activating group) is 1. The molecule has 1 amide bonds. The van der Waals surface area contributed by atoms with Gasteiger partial charge in [0.2, 0.25) is 5.91 Å². The highest BCUT2D eigenvalue weighted by atomic mass is 32.1. The van der Waals surface area contributed by atoms with E-state index in [2.05, 4.69) is 24.9 Å². The molecule has 10 heteroatoms. The molecule has 0 spiro atoms. The number of amides is 1. The number of hydrogen-bond acceptors (Lipinski definition) is 9. The molecule has 3 heterocycles. The summed E-state index contributed by atoms with van der Waals surface area (Å²) < 4.78 is 5.01. The van der Waals surface area contributed by atoms with Gasteiger partial charge in [0.05, 0.1) is 15.7 Å². The number of benzene rings is 1. The maximum atomic E-state index is 13.0. The van der Waals surface area contributed by atoms with Gasteiger partial charge < -0.3 is 15.3 Å². The Morgan fingerprint density at radius 2 is 2.19 bits per heavy atom. The fourth-order valence-electron chi connectivity index (χ4n) is 4.38. The Morgan fingerprint density at radius 3 is 3.00 bits per heavy atom. The Morgan fingerprint density at radius 1 is 1.34 bits per heavy atom. The van der Waals surface area contributed by atoms with Crippen molar-refractivity contribution >= 4 is 60.7 Å². The lowest BCUT2D eigenvalue weighted by atomic mass is 9.86. The van der Waals surface area contributed by atoms with Gasteiger partial charge in [-0.15, -0.1) is 16.4 Å². The molecule has 5 rings (SSSR count). The average molecular weight is 469 g/mol. The Kier molecular flexibility index (Phi) is 5.31. The van der Waals surface area contributed by atoms with E-state index in [9.17, 15) is 9.90 Å². The minimum absolute atomic E-state index is 0.0754. The van der Waals surface area contributed by atoms with Crippen LogP contribution in [0.5, 0.6) is 0 Å². The van der Waals surface area contributed by atoms with Crippen molar-refractivity contribution in [3.8, 4) is 0 Å². The summed E-state index contributed by atoms with van der Waals surface area (Å²) in [6.07, 6.45) is 3.87. The standard InChI is InChI=1S/C22H24N6O2S2/c1-22(2,30)10-28(3)21(29)12-4-6-14-16(8-12)31-20-18(14)19(23-11-24-20)25-13-5-7-15-17(9-13)32-27-26-15/h5,7,9,11-12,30H,4,6,8,10H2,1-3H3,(H,23,24,25)/t12-/m0/s1. The van der Waals surface area contributed by atoms with E-state index in [0.29, 0.717) is 13.0 Å². The summed E-state index contributed by atoms with van der Waals surface area (Å²) in [5.41, 5.74) is 2.14. The van der Waals surface area contributed by atoms with Gasteiger partial charge in [0.25, 0.3) is 0 Å². The monoisotopic (exact) mass is 468 g/mol. The Hall–Kier alpha value is -2.69. The molecule has 0 saturated heterocycles. The summed E-state index contributed by atoms with van der Waals surface area (Å²) in [5.74, 6) is 0.799. The number of nitrogens with zero attached hydrogens (tertiary/aromatic N) is 5. The SMILES string of the molecule is CN(CC(C)(C)O)C(=O)[C@H]1CCc2c(sc3ncnc(Nc4ccc5nnsc5c4)c23)C1. The van der Waals surface area contributed by atoms with Crippen molar-refractivity contribution in [3.63, 3.8) is 0 Å². The van der Waals surface area contributed by atoms with Gasteiger partial charge in [0.1, 0.15) is 22.5 Å². The summed E-state index contributed by atoms with van der Waals surface area (Å²) in [4.78, 5) is 25.8. The molecule has 0 saturated carbocycles. The van der Waals surface area contributed by atoms with Crippen LogP contribution in [0.2, 0.25) is 0 Å². The van der Waals surface area contributed by atoms with Crippen LogP contribution in [0.4, 0.5) is 11.5 Å². The van der Waals surface area contributed by atoms with E-state index in [1.165, 1.54) is 22.0 Å². The summed E-state index contributed by atoms with van der Waals surface area (Å²) in [6, 6.07) is 5.95. The minimum Gasteiger partial charge on any atom is -0.389 e. The number of aromatic nitrogens is 4. The molecule has 0 fully saturated rings. The zero-order valence-electron chi connectivity index (χ0n) is 18.1. The molecule has 1 aliphatic carbocycles. The number of aliphatic hydroxyl groups is 1. The summed E-state index contributed by atoms with van der Waals surface area (Å²) >= 11 is 3.01. The maximum Gasteiger partial charge on any atom is 0.225 e. The first-order valence-electron chi connectivity index (χ1n) is 10.5. The topological polar surface area (TPSA) is 104 Å². The lowest BCUT2D eigenvalue weighted by Crippen LogP contribution is -2.43. The second-order valence-electron chi connectivity index (χ2n) is 8.93. The van der Waals surface area contributed by atoms with Gasteiger partial charge in [-0.05, 0) is 68.4 Å². The molecular formula is C22H24N6O2S2. The van der Waals surface area contributed by atoms with Gasteiger partial charge in [-0.1, -0.05) is 4.49 Å². The van der Waals surface area contributed by atoms with Gasteiger partial charge in [0, 0.05) is 30.1 Å². The van der Waals surface area contributed by atoms with E-state index in [4.69, 9.17) is 0 Å². The molecule has 1 aliphatic rings. The predicted molar refractivity (Wildman–Crippen MR) is 128 cm³/mol. The molecule has 166 valence electrons. The molecule has 0 radical (unpaired) electrons. The zero-order valence-corrected chi connectivity index (χ0v) is 19.8. The van der Waals surface area contributed by atoms with Crippen LogP contribution in [0, 0.1) is 5.92 Å². The van der Waals surface area contributed by atoms with Gasteiger partial charge in [0.15, 0.2) is 0 Å². The van der Waals surface area contributed by atoms with E-state index in [-0.39, 0.29) is 11.8 Å². The highest BCUT2D eigenvalue weighted by molar-refractivity contribution is 7.19. The van der Waals surface area contributed by atoms with Crippen LogP contribution in [0.3, 0.4) is 0 Å².